The molecule has 1 aliphatic rings. The first-order chi connectivity index (χ1) is 8.93. The second-order valence-corrected chi connectivity index (χ2v) is 7.21. The molecule has 1 heterocycles. The Morgan fingerprint density at radius 1 is 1.32 bits per heavy atom. The van der Waals surface area contributed by atoms with Crippen LogP contribution in [-0.2, 0) is 9.84 Å². The lowest BCUT2D eigenvalue weighted by molar-refractivity contribution is 0.0988. The Morgan fingerprint density at radius 3 is 2.47 bits per heavy atom. The number of nitrogens with zero attached hydrogens (tertiary/aromatic N) is 1. The Balaban J connectivity index is 2.17. The molecule has 0 saturated carbocycles. The van der Waals surface area contributed by atoms with Crippen LogP contribution in [-0.4, -0.2) is 38.3 Å². The Bertz CT molecular complexity index is 563. The fraction of sp³-hybridized carbons (Fsp3) is 0.500. The van der Waals surface area contributed by atoms with Crippen molar-refractivity contribution in [3.63, 3.8) is 0 Å². The molecule has 1 saturated heterocycles. The topological polar surface area (TPSA) is 54.5 Å². The molecule has 0 bridgehead atoms. The van der Waals surface area contributed by atoms with Crippen molar-refractivity contribution in [3.8, 4) is 0 Å². The lowest BCUT2D eigenvalue weighted by atomic mass is 10.1. The number of hydrogen-bond acceptors (Lipinski definition) is 4. The molecule has 0 spiro atoms. The van der Waals surface area contributed by atoms with Crippen LogP contribution in [0, 0.1) is 0 Å². The third-order valence-electron chi connectivity index (χ3n) is 3.51. The van der Waals surface area contributed by atoms with Gasteiger partial charge >= 0.3 is 0 Å². The van der Waals surface area contributed by atoms with Crippen molar-refractivity contribution in [1.29, 1.82) is 0 Å². The van der Waals surface area contributed by atoms with Crippen molar-refractivity contribution in [2.75, 3.05) is 23.0 Å². The van der Waals surface area contributed by atoms with Gasteiger partial charge in [-0.1, -0.05) is 6.92 Å². The molecule has 0 N–H and O–H groups in total. The summed E-state index contributed by atoms with van der Waals surface area (Å²) in [5.41, 5.74) is 1.69. The normalized spacial score (nSPS) is 22.2. The molecular weight excluding hydrogens is 262 g/mol. The van der Waals surface area contributed by atoms with E-state index in [1.54, 1.807) is 0 Å². The zero-order valence-corrected chi connectivity index (χ0v) is 12.1. The van der Waals surface area contributed by atoms with Crippen LogP contribution in [0.2, 0.25) is 0 Å². The summed E-state index contributed by atoms with van der Waals surface area (Å²) in [5.74, 6) is 0.524. The van der Waals surface area contributed by atoms with Gasteiger partial charge in [0.25, 0.3) is 0 Å². The molecule has 0 aromatic heterocycles. The van der Waals surface area contributed by atoms with E-state index in [1.165, 1.54) is 0 Å². The summed E-state index contributed by atoms with van der Waals surface area (Å²) in [6.45, 7) is 4.28. The van der Waals surface area contributed by atoms with Gasteiger partial charge in [0.15, 0.2) is 15.6 Å². The summed E-state index contributed by atoms with van der Waals surface area (Å²) in [5, 5.41) is 0. The first-order valence-electron chi connectivity index (χ1n) is 6.53. The Labute approximate surface area is 114 Å². The Morgan fingerprint density at radius 2 is 1.95 bits per heavy atom. The lowest BCUT2D eigenvalue weighted by Crippen LogP contribution is -2.47. The molecule has 1 atom stereocenters. The van der Waals surface area contributed by atoms with Gasteiger partial charge < -0.3 is 4.90 Å². The summed E-state index contributed by atoms with van der Waals surface area (Å²) in [4.78, 5) is 13.6. The highest BCUT2D eigenvalue weighted by Gasteiger charge is 2.28. The zero-order valence-electron chi connectivity index (χ0n) is 11.3. The first-order valence-corrected chi connectivity index (χ1v) is 8.35. The highest BCUT2D eigenvalue weighted by molar-refractivity contribution is 7.91. The highest BCUT2D eigenvalue weighted by atomic mass is 32.2. The number of hydrogen-bond donors (Lipinski definition) is 0. The van der Waals surface area contributed by atoms with Crippen LogP contribution in [0.3, 0.4) is 0 Å². The molecule has 0 aliphatic carbocycles. The van der Waals surface area contributed by atoms with Gasteiger partial charge in [0.1, 0.15) is 0 Å². The first kappa shape index (κ1) is 14.1. The molecule has 5 heteroatoms. The molecule has 104 valence electrons. The van der Waals surface area contributed by atoms with Crippen LogP contribution in [0.15, 0.2) is 24.3 Å². The Hall–Kier alpha value is -1.36. The van der Waals surface area contributed by atoms with Crippen molar-refractivity contribution < 1.29 is 13.2 Å². The summed E-state index contributed by atoms with van der Waals surface area (Å²) in [7, 11) is -2.89. The second kappa shape index (κ2) is 5.33. The molecular formula is C14H19NO3S. The molecule has 2 rings (SSSR count). The summed E-state index contributed by atoms with van der Waals surface area (Å²) in [6, 6.07) is 7.41. The zero-order chi connectivity index (χ0) is 14.0. The van der Waals surface area contributed by atoms with Crippen molar-refractivity contribution in [3.05, 3.63) is 29.8 Å². The minimum atomic E-state index is -2.89. The number of carbonyl (C=O) groups excluding carboxylic acids is 1. The molecule has 1 unspecified atom stereocenters. The van der Waals surface area contributed by atoms with E-state index in [-0.39, 0.29) is 23.3 Å². The molecule has 4 nitrogen and oxygen atoms in total. The van der Waals surface area contributed by atoms with Gasteiger partial charge in [0.05, 0.1) is 11.5 Å². The van der Waals surface area contributed by atoms with E-state index in [1.807, 2.05) is 38.1 Å². The molecule has 1 aliphatic heterocycles. The van der Waals surface area contributed by atoms with Crippen molar-refractivity contribution in [1.82, 2.24) is 0 Å². The van der Waals surface area contributed by atoms with E-state index in [2.05, 4.69) is 4.90 Å². The molecule has 0 radical (unpaired) electrons. The van der Waals surface area contributed by atoms with Gasteiger partial charge in [-0.05, 0) is 31.2 Å². The smallest absolute Gasteiger partial charge is 0.162 e. The molecule has 1 fully saturated rings. The molecule has 1 aromatic rings. The van der Waals surface area contributed by atoms with Gasteiger partial charge in [-0.25, -0.2) is 8.42 Å². The van der Waals surface area contributed by atoms with E-state index < -0.39 is 9.84 Å². The second-order valence-electron chi connectivity index (χ2n) is 4.98. The maximum Gasteiger partial charge on any atom is 0.162 e. The third-order valence-corrected chi connectivity index (χ3v) is 5.31. The largest absolute Gasteiger partial charge is 0.367 e. The van der Waals surface area contributed by atoms with E-state index in [0.29, 0.717) is 18.5 Å². The highest BCUT2D eigenvalue weighted by Crippen LogP contribution is 2.22. The fourth-order valence-electron chi connectivity index (χ4n) is 2.43. The standard InChI is InChI=1S/C14H19NO3S/c1-3-14(16)12-4-6-13(7-5-12)15-8-9-19(17,18)10-11(15)2/h4-7,11H,3,8-10H2,1-2H3. The number of ketones is 1. The third kappa shape index (κ3) is 3.15. The quantitative estimate of drug-likeness (QED) is 0.794. The van der Waals surface area contributed by atoms with E-state index in [9.17, 15) is 13.2 Å². The van der Waals surface area contributed by atoms with Crippen LogP contribution in [0.4, 0.5) is 5.69 Å². The number of carbonyl (C=O) groups is 1. The van der Waals surface area contributed by atoms with E-state index in [0.717, 1.165) is 5.69 Å². The number of benzene rings is 1. The summed E-state index contributed by atoms with van der Waals surface area (Å²) in [6.07, 6.45) is 0.498. The van der Waals surface area contributed by atoms with Crippen LogP contribution < -0.4 is 4.90 Å². The summed E-state index contributed by atoms with van der Waals surface area (Å²) < 4.78 is 23.1. The Kier molecular flexibility index (Phi) is 3.94. The average Bonchev–Trinajstić information content (AvgIpc) is 2.37. The van der Waals surface area contributed by atoms with Gasteiger partial charge in [-0.15, -0.1) is 0 Å². The minimum Gasteiger partial charge on any atom is -0.367 e. The number of anilines is 1. The van der Waals surface area contributed by atoms with E-state index in [4.69, 9.17) is 0 Å². The number of Topliss-reactive ketones (excluding diaryl/α,β-unsaturated/α-hetero) is 1. The molecule has 0 amide bonds. The van der Waals surface area contributed by atoms with Gasteiger partial charge in [-0.3, -0.25) is 4.79 Å². The maximum atomic E-state index is 11.6. The van der Waals surface area contributed by atoms with Crippen molar-refractivity contribution in [2.45, 2.75) is 26.3 Å². The maximum absolute atomic E-state index is 11.6. The van der Waals surface area contributed by atoms with Gasteiger partial charge in [0, 0.05) is 30.3 Å². The van der Waals surface area contributed by atoms with Crippen LogP contribution in [0.25, 0.3) is 0 Å². The number of sulfone groups is 1. The minimum absolute atomic E-state index is 0.0218. The van der Waals surface area contributed by atoms with Crippen LogP contribution >= 0.6 is 0 Å². The van der Waals surface area contributed by atoms with Gasteiger partial charge in [0.2, 0.25) is 0 Å². The monoisotopic (exact) mass is 281 g/mol. The SMILES string of the molecule is CCC(=O)c1ccc(N2CCS(=O)(=O)CC2C)cc1. The summed E-state index contributed by atoms with van der Waals surface area (Å²) >= 11 is 0. The molecule has 1 aromatic carbocycles. The van der Waals surface area contributed by atoms with Gasteiger partial charge in [-0.2, -0.15) is 0 Å². The fourth-order valence-corrected chi connectivity index (χ4v) is 3.98. The van der Waals surface area contributed by atoms with E-state index >= 15 is 0 Å². The number of rotatable bonds is 3. The lowest BCUT2D eigenvalue weighted by Gasteiger charge is -2.35. The average molecular weight is 281 g/mol. The van der Waals surface area contributed by atoms with Crippen molar-refractivity contribution in [2.24, 2.45) is 0 Å². The van der Waals surface area contributed by atoms with Crippen molar-refractivity contribution >= 4 is 21.3 Å². The predicted octanol–water partition coefficient (Wildman–Crippen LogP) is 1.90. The molecule has 19 heavy (non-hydrogen) atoms. The van der Waals surface area contributed by atoms with Crippen LogP contribution in [0.1, 0.15) is 30.6 Å². The van der Waals surface area contributed by atoms with Crippen LogP contribution in [0.5, 0.6) is 0 Å². The predicted molar refractivity (Wildman–Crippen MR) is 76.5 cm³/mol.